The summed E-state index contributed by atoms with van der Waals surface area (Å²) in [7, 11) is 0. The van der Waals surface area contributed by atoms with Gasteiger partial charge in [-0.15, -0.1) is 6.42 Å². The van der Waals surface area contributed by atoms with Crippen LogP contribution in [0, 0.1) is 53.3 Å². The van der Waals surface area contributed by atoms with E-state index in [9.17, 15) is 9.90 Å². The summed E-state index contributed by atoms with van der Waals surface area (Å²) in [6, 6.07) is 0. The Morgan fingerprint density at radius 2 is 2.12 bits per heavy atom. The quantitative estimate of drug-likeness (QED) is 0.532. The molecule has 5 unspecified atom stereocenters. The van der Waals surface area contributed by atoms with Gasteiger partial charge in [-0.1, -0.05) is 44.4 Å². The second-order valence-corrected chi connectivity index (χ2v) is 9.52. The van der Waals surface area contributed by atoms with Crippen LogP contribution in [0.2, 0.25) is 0 Å². The zero-order chi connectivity index (χ0) is 18.1. The maximum absolute atomic E-state index is 11.9. The fourth-order valence-electron chi connectivity index (χ4n) is 7.22. The molecule has 1 N–H and O–H groups in total. The highest BCUT2D eigenvalue weighted by Crippen LogP contribution is 2.68. The maximum atomic E-state index is 11.9. The number of fused-ring (bicyclic) bond motifs is 5. The van der Waals surface area contributed by atoms with Crippen LogP contribution in [0.25, 0.3) is 0 Å². The summed E-state index contributed by atoms with van der Waals surface area (Å²) in [5.74, 6) is 5.59. The van der Waals surface area contributed by atoms with E-state index in [4.69, 9.17) is 6.42 Å². The number of rotatable bonds is 0. The molecule has 25 heavy (non-hydrogen) atoms. The van der Waals surface area contributed by atoms with Crippen molar-refractivity contribution < 1.29 is 9.90 Å². The summed E-state index contributed by atoms with van der Waals surface area (Å²) in [6.07, 6.45) is 12.2. The molecule has 8 atom stereocenters. The monoisotopic (exact) mass is 338 g/mol. The molecule has 134 valence electrons. The zero-order valence-electron chi connectivity index (χ0n) is 15.7. The van der Waals surface area contributed by atoms with Gasteiger partial charge < -0.3 is 5.11 Å². The number of hydrogen-bond acceptors (Lipinski definition) is 2. The Kier molecular flexibility index (Phi) is 3.65. The molecule has 4 aliphatic rings. The summed E-state index contributed by atoms with van der Waals surface area (Å²) in [5, 5.41) is 11.4. The Balaban J connectivity index is 1.79. The van der Waals surface area contributed by atoms with E-state index in [0.717, 1.165) is 25.7 Å². The molecule has 0 spiro atoms. The molecule has 3 saturated carbocycles. The van der Waals surface area contributed by atoms with Crippen molar-refractivity contribution in [2.75, 3.05) is 0 Å². The van der Waals surface area contributed by atoms with Gasteiger partial charge in [-0.25, -0.2) is 0 Å². The minimum atomic E-state index is -1.04. The standard InChI is InChI=1S/C23H30O2/c1-6-23(25)15(4)10-19-21-13(2)9-16-11-17(24)7-8-18(16)20(21)14(3)12-22(19,23)5/h1,11,13,15,18-21,25H,3,7-10,12H2,2,4-5H3/t13?,15-,18?,19?,20?,21?,22+,23+/m1/s1. The van der Waals surface area contributed by atoms with Gasteiger partial charge >= 0.3 is 0 Å². The highest BCUT2D eigenvalue weighted by molar-refractivity contribution is 5.91. The van der Waals surface area contributed by atoms with Crippen LogP contribution >= 0.6 is 0 Å². The number of carbonyl (C=O) groups is 1. The first-order valence-electron chi connectivity index (χ1n) is 9.84. The number of terminal acetylenes is 1. The first-order valence-corrected chi connectivity index (χ1v) is 9.84. The van der Waals surface area contributed by atoms with E-state index < -0.39 is 5.60 Å². The first-order chi connectivity index (χ1) is 11.7. The van der Waals surface area contributed by atoms with Gasteiger partial charge in [0.1, 0.15) is 5.60 Å². The van der Waals surface area contributed by atoms with Crippen LogP contribution in [0.5, 0.6) is 0 Å². The van der Waals surface area contributed by atoms with Crippen molar-refractivity contribution >= 4 is 5.78 Å². The molecule has 4 rings (SSSR count). The van der Waals surface area contributed by atoms with Crippen molar-refractivity contribution in [2.45, 2.75) is 58.5 Å². The molecule has 0 aliphatic heterocycles. The molecule has 0 aromatic carbocycles. The maximum Gasteiger partial charge on any atom is 0.155 e. The fraction of sp³-hybridized carbons (Fsp3) is 0.696. The Morgan fingerprint density at radius 1 is 1.40 bits per heavy atom. The van der Waals surface area contributed by atoms with Crippen LogP contribution in [0.3, 0.4) is 0 Å². The lowest BCUT2D eigenvalue weighted by Gasteiger charge is -2.57. The largest absolute Gasteiger partial charge is 0.377 e. The van der Waals surface area contributed by atoms with Crippen LogP contribution in [-0.2, 0) is 4.79 Å². The lowest BCUT2D eigenvalue weighted by atomic mass is 9.47. The smallest absolute Gasteiger partial charge is 0.155 e. The lowest BCUT2D eigenvalue weighted by molar-refractivity contribution is -0.116. The number of allylic oxidation sites excluding steroid dienone is 2. The highest BCUT2D eigenvalue weighted by Gasteiger charge is 2.66. The van der Waals surface area contributed by atoms with Crippen LogP contribution < -0.4 is 0 Å². The van der Waals surface area contributed by atoms with Gasteiger partial charge in [0.15, 0.2) is 5.78 Å². The lowest BCUT2D eigenvalue weighted by Crippen LogP contribution is -2.55. The van der Waals surface area contributed by atoms with Gasteiger partial charge in [0.05, 0.1) is 0 Å². The third-order valence-corrected chi connectivity index (χ3v) is 8.35. The Labute approximate surface area is 151 Å². The van der Waals surface area contributed by atoms with Crippen molar-refractivity contribution in [3.8, 4) is 12.3 Å². The molecule has 0 radical (unpaired) electrons. The average molecular weight is 338 g/mol. The van der Waals surface area contributed by atoms with Gasteiger partial charge in [0, 0.05) is 11.8 Å². The summed E-state index contributed by atoms with van der Waals surface area (Å²) in [5.41, 5.74) is 1.29. The van der Waals surface area contributed by atoms with E-state index in [0.29, 0.717) is 41.8 Å². The first kappa shape index (κ1) is 17.1. The minimum Gasteiger partial charge on any atom is -0.377 e. The van der Waals surface area contributed by atoms with Gasteiger partial charge in [-0.05, 0) is 67.3 Å². The van der Waals surface area contributed by atoms with E-state index in [-0.39, 0.29) is 11.3 Å². The topological polar surface area (TPSA) is 37.3 Å². The third-order valence-electron chi connectivity index (χ3n) is 8.35. The van der Waals surface area contributed by atoms with E-state index in [1.54, 1.807) is 0 Å². The number of carbonyl (C=O) groups excluding carboxylic acids is 1. The SMILES string of the molecule is C#C[C@]1(O)[C@H](C)CC2C3C(C)CC4=CC(=O)CCC4C3C(=C)C[C@@]21C. The third kappa shape index (κ3) is 2.05. The predicted molar refractivity (Wildman–Crippen MR) is 99.5 cm³/mol. The van der Waals surface area contributed by atoms with Gasteiger partial charge in [-0.2, -0.15) is 0 Å². The summed E-state index contributed by atoms with van der Waals surface area (Å²) in [6.45, 7) is 11.1. The molecule has 2 nitrogen and oxygen atoms in total. The molecule has 0 amide bonds. The van der Waals surface area contributed by atoms with E-state index >= 15 is 0 Å². The normalized spacial score (nSPS) is 51.9. The molecule has 0 bridgehead atoms. The fourth-order valence-corrected chi connectivity index (χ4v) is 7.22. The predicted octanol–water partition coefficient (Wildman–Crippen LogP) is 4.15. The molecule has 0 heterocycles. The van der Waals surface area contributed by atoms with Crippen molar-refractivity contribution in [2.24, 2.45) is 40.9 Å². The molecular formula is C23H30O2. The van der Waals surface area contributed by atoms with Crippen LogP contribution in [-0.4, -0.2) is 16.5 Å². The van der Waals surface area contributed by atoms with Crippen LogP contribution in [0.4, 0.5) is 0 Å². The number of hydrogen-bond donors (Lipinski definition) is 1. The van der Waals surface area contributed by atoms with Crippen molar-refractivity contribution in [3.05, 3.63) is 23.8 Å². The minimum absolute atomic E-state index is 0.121. The number of ketones is 1. The Morgan fingerprint density at radius 3 is 2.80 bits per heavy atom. The zero-order valence-corrected chi connectivity index (χ0v) is 15.7. The van der Waals surface area contributed by atoms with Crippen molar-refractivity contribution in [3.63, 3.8) is 0 Å². The molecule has 0 saturated heterocycles. The molecular weight excluding hydrogens is 308 g/mol. The van der Waals surface area contributed by atoms with Crippen molar-refractivity contribution in [1.82, 2.24) is 0 Å². The van der Waals surface area contributed by atoms with E-state index in [2.05, 4.69) is 33.3 Å². The molecule has 4 aliphatic carbocycles. The summed E-state index contributed by atoms with van der Waals surface area (Å²) in [4.78, 5) is 11.9. The molecule has 3 fully saturated rings. The van der Waals surface area contributed by atoms with Crippen LogP contribution in [0.1, 0.15) is 52.9 Å². The second kappa shape index (κ2) is 5.34. The van der Waals surface area contributed by atoms with Gasteiger partial charge in [-0.3, -0.25) is 4.79 Å². The molecule has 0 aromatic rings. The molecule has 0 aromatic heterocycles. The van der Waals surface area contributed by atoms with Gasteiger partial charge in [0.25, 0.3) is 0 Å². The number of aliphatic hydroxyl groups is 1. The van der Waals surface area contributed by atoms with Crippen LogP contribution in [0.15, 0.2) is 23.8 Å². The van der Waals surface area contributed by atoms with Gasteiger partial charge in [0.2, 0.25) is 0 Å². The van der Waals surface area contributed by atoms with Crippen molar-refractivity contribution in [1.29, 1.82) is 0 Å². The average Bonchev–Trinajstić information content (AvgIpc) is 2.75. The summed E-state index contributed by atoms with van der Waals surface area (Å²) >= 11 is 0. The second-order valence-electron chi connectivity index (χ2n) is 9.52. The molecule has 2 heteroatoms. The Hall–Kier alpha value is -1.33. The van der Waals surface area contributed by atoms with E-state index in [1.807, 2.05) is 6.08 Å². The van der Waals surface area contributed by atoms with E-state index in [1.165, 1.54) is 11.1 Å². The Bertz CT molecular complexity index is 710. The summed E-state index contributed by atoms with van der Waals surface area (Å²) < 4.78 is 0. The highest BCUT2D eigenvalue weighted by atomic mass is 16.3.